The van der Waals surface area contributed by atoms with Crippen LogP contribution in [-0.4, -0.2) is 28.1 Å². The van der Waals surface area contributed by atoms with Gasteiger partial charge in [-0.05, 0) is 26.0 Å². The van der Waals surface area contributed by atoms with E-state index in [4.69, 9.17) is 0 Å². The van der Waals surface area contributed by atoms with E-state index in [1.807, 2.05) is 24.3 Å². The molecular formula is C18H17N5O3S. The van der Waals surface area contributed by atoms with Gasteiger partial charge >= 0.3 is 0 Å². The molecule has 27 heavy (non-hydrogen) atoms. The number of carbonyl (C=O) groups excluding carboxylic acids is 1. The van der Waals surface area contributed by atoms with Crippen molar-refractivity contribution in [2.24, 2.45) is 5.10 Å². The molecule has 2 aromatic carbocycles. The number of para-hydroxylation sites is 1. The van der Waals surface area contributed by atoms with Crippen molar-refractivity contribution < 1.29 is 9.72 Å². The molecule has 0 radical (unpaired) electrons. The van der Waals surface area contributed by atoms with Gasteiger partial charge in [0.05, 0.1) is 21.4 Å². The number of aromatic nitrogens is 1. The van der Waals surface area contributed by atoms with E-state index >= 15 is 0 Å². The number of rotatable bonds is 6. The molecule has 1 atom stereocenters. The average molecular weight is 383 g/mol. The van der Waals surface area contributed by atoms with Crippen molar-refractivity contribution in [2.75, 3.05) is 5.32 Å². The lowest BCUT2D eigenvalue weighted by atomic mass is 10.1. The number of anilines is 1. The summed E-state index contributed by atoms with van der Waals surface area (Å²) in [7, 11) is 0. The smallest absolute Gasteiger partial charge is 0.272 e. The third-order valence-electron chi connectivity index (χ3n) is 3.85. The lowest BCUT2D eigenvalue weighted by Gasteiger charge is -2.10. The highest BCUT2D eigenvalue weighted by Gasteiger charge is 2.14. The Morgan fingerprint density at radius 3 is 2.85 bits per heavy atom. The average Bonchev–Trinajstić information content (AvgIpc) is 3.04. The maximum absolute atomic E-state index is 12.2. The van der Waals surface area contributed by atoms with Gasteiger partial charge in [0.25, 0.3) is 11.6 Å². The van der Waals surface area contributed by atoms with E-state index in [2.05, 4.69) is 20.8 Å². The molecule has 9 heteroatoms. The minimum Gasteiger partial charge on any atom is -0.350 e. The van der Waals surface area contributed by atoms with Crippen molar-refractivity contribution >= 4 is 44.5 Å². The molecule has 3 rings (SSSR count). The molecule has 1 heterocycles. The van der Waals surface area contributed by atoms with E-state index < -0.39 is 11.0 Å². The summed E-state index contributed by atoms with van der Waals surface area (Å²) >= 11 is 1.46. The highest BCUT2D eigenvalue weighted by molar-refractivity contribution is 7.22. The summed E-state index contributed by atoms with van der Waals surface area (Å²) in [5.74, 6) is -0.341. The highest BCUT2D eigenvalue weighted by Crippen LogP contribution is 2.25. The number of amides is 1. The Balaban J connectivity index is 1.60. The Kier molecular flexibility index (Phi) is 5.41. The predicted octanol–water partition coefficient (Wildman–Crippen LogP) is 3.46. The first kappa shape index (κ1) is 18.5. The Morgan fingerprint density at radius 2 is 2.11 bits per heavy atom. The van der Waals surface area contributed by atoms with Crippen LogP contribution in [0.3, 0.4) is 0 Å². The fraction of sp³-hybridized carbons (Fsp3) is 0.167. The van der Waals surface area contributed by atoms with E-state index in [-0.39, 0.29) is 11.6 Å². The molecule has 1 aromatic heterocycles. The van der Waals surface area contributed by atoms with Gasteiger partial charge in [0.15, 0.2) is 5.13 Å². The molecule has 1 amide bonds. The summed E-state index contributed by atoms with van der Waals surface area (Å²) in [5.41, 5.74) is 4.40. The fourth-order valence-electron chi connectivity index (χ4n) is 2.36. The van der Waals surface area contributed by atoms with Gasteiger partial charge in [-0.1, -0.05) is 35.6 Å². The van der Waals surface area contributed by atoms with Gasteiger partial charge in [0.1, 0.15) is 6.04 Å². The number of fused-ring (bicyclic) bond motifs is 1. The second kappa shape index (κ2) is 7.92. The first-order chi connectivity index (χ1) is 12.9. The minimum atomic E-state index is -0.546. The van der Waals surface area contributed by atoms with Crippen molar-refractivity contribution in [3.63, 3.8) is 0 Å². The Bertz CT molecular complexity index is 998. The number of nitro groups is 1. The van der Waals surface area contributed by atoms with Crippen LogP contribution in [-0.2, 0) is 4.79 Å². The van der Waals surface area contributed by atoms with E-state index in [0.29, 0.717) is 16.3 Å². The van der Waals surface area contributed by atoms with Gasteiger partial charge in [-0.2, -0.15) is 5.10 Å². The third kappa shape index (κ3) is 4.45. The zero-order valence-electron chi connectivity index (χ0n) is 14.7. The van der Waals surface area contributed by atoms with E-state index in [0.717, 1.165) is 10.2 Å². The van der Waals surface area contributed by atoms with Crippen molar-refractivity contribution in [1.29, 1.82) is 0 Å². The Hall–Kier alpha value is -3.33. The number of thiazole rings is 1. The molecule has 138 valence electrons. The number of carbonyl (C=O) groups is 1. The zero-order valence-corrected chi connectivity index (χ0v) is 15.5. The predicted molar refractivity (Wildman–Crippen MR) is 106 cm³/mol. The summed E-state index contributed by atoms with van der Waals surface area (Å²) in [6.45, 7) is 3.36. The maximum atomic E-state index is 12.2. The first-order valence-electron chi connectivity index (χ1n) is 8.14. The SMILES string of the molecule is Cc1ccc(/C=N\NC(=O)[C@H](C)Nc2nc3ccccc3s2)cc1[N+](=O)[O-]. The topological polar surface area (TPSA) is 110 Å². The van der Waals surface area contributed by atoms with Crippen molar-refractivity contribution in [1.82, 2.24) is 10.4 Å². The first-order valence-corrected chi connectivity index (χ1v) is 8.96. The highest BCUT2D eigenvalue weighted by atomic mass is 32.1. The summed E-state index contributed by atoms with van der Waals surface area (Å²) in [6, 6.07) is 11.9. The van der Waals surface area contributed by atoms with Crippen LogP contribution in [0.15, 0.2) is 47.6 Å². The van der Waals surface area contributed by atoms with Gasteiger partial charge in [-0.3, -0.25) is 14.9 Å². The maximum Gasteiger partial charge on any atom is 0.272 e. The van der Waals surface area contributed by atoms with Crippen LogP contribution in [0.5, 0.6) is 0 Å². The second-order valence-corrected chi connectivity index (χ2v) is 6.92. The molecular weight excluding hydrogens is 366 g/mol. The van der Waals surface area contributed by atoms with Gasteiger partial charge in [-0.15, -0.1) is 0 Å². The summed E-state index contributed by atoms with van der Waals surface area (Å²) in [4.78, 5) is 27.1. The molecule has 8 nitrogen and oxygen atoms in total. The number of aryl methyl sites for hydroxylation is 1. The third-order valence-corrected chi connectivity index (χ3v) is 4.81. The van der Waals surface area contributed by atoms with Gasteiger partial charge in [0, 0.05) is 17.2 Å². The largest absolute Gasteiger partial charge is 0.350 e. The quantitative estimate of drug-likeness (QED) is 0.385. The summed E-state index contributed by atoms with van der Waals surface area (Å²) in [6.07, 6.45) is 1.37. The molecule has 0 saturated carbocycles. The Labute approximate surface area is 159 Å². The number of nitrogens with zero attached hydrogens (tertiary/aromatic N) is 3. The molecule has 0 spiro atoms. The number of hydrogen-bond donors (Lipinski definition) is 2. The normalized spacial score (nSPS) is 12.2. The molecule has 0 saturated heterocycles. The van der Waals surface area contributed by atoms with Crippen LogP contribution in [0, 0.1) is 17.0 Å². The second-order valence-electron chi connectivity index (χ2n) is 5.89. The standard InChI is InChI=1S/C18H17N5O3S/c1-11-7-8-13(9-15(11)23(25)26)10-19-22-17(24)12(2)20-18-21-14-5-3-4-6-16(14)27-18/h3-10,12H,1-2H3,(H,20,21)(H,22,24)/b19-10-/t12-/m0/s1. The number of nitro benzene ring substituents is 1. The van der Waals surface area contributed by atoms with E-state index in [1.165, 1.54) is 23.6 Å². The van der Waals surface area contributed by atoms with Crippen LogP contribution < -0.4 is 10.7 Å². The fourth-order valence-corrected chi connectivity index (χ4v) is 3.31. The summed E-state index contributed by atoms with van der Waals surface area (Å²) in [5, 5.41) is 18.5. The Morgan fingerprint density at radius 1 is 1.33 bits per heavy atom. The number of nitrogens with one attached hydrogen (secondary N) is 2. The van der Waals surface area contributed by atoms with Crippen molar-refractivity contribution in [3.8, 4) is 0 Å². The minimum absolute atomic E-state index is 0.0103. The van der Waals surface area contributed by atoms with Crippen LogP contribution in [0.4, 0.5) is 10.8 Å². The molecule has 0 aliphatic rings. The lowest BCUT2D eigenvalue weighted by molar-refractivity contribution is -0.385. The number of hydrazone groups is 1. The molecule has 0 aliphatic heterocycles. The summed E-state index contributed by atoms with van der Waals surface area (Å²) < 4.78 is 1.03. The van der Waals surface area contributed by atoms with Crippen LogP contribution in [0.1, 0.15) is 18.1 Å². The van der Waals surface area contributed by atoms with Crippen molar-refractivity contribution in [2.45, 2.75) is 19.9 Å². The van der Waals surface area contributed by atoms with Crippen LogP contribution >= 0.6 is 11.3 Å². The van der Waals surface area contributed by atoms with Gasteiger partial charge < -0.3 is 5.32 Å². The van der Waals surface area contributed by atoms with Gasteiger partial charge in [0.2, 0.25) is 0 Å². The molecule has 0 bridgehead atoms. The lowest BCUT2D eigenvalue weighted by Crippen LogP contribution is -2.34. The molecule has 2 N–H and O–H groups in total. The van der Waals surface area contributed by atoms with Gasteiger partial charge in [-0.25, -0.2) is 10.4 Å². The monoisotopic (exact) mass is 383 g/mol. The number of hydrogen-bond acceptors (Lipinski definition) is 7. The van der Waals surface area contributed by atoms with Crippen molar-refractivity contribution in [3.05, 3.63) is 63.7 Å². The zero-order chi connectivity index (χ0) is 19.4. The van der Waals surface area contributed by atoms with Crippen LogP contribution in [0.25, 0.3) is 10.2 Å². The molecule has 3 aromatic rings. The number of benzene rings is 2. The molecule has 0 unspecified atom stereocenters. The molecule has 0 aliphatic carbocycles. The molecule has 0 fully saturated rings. The van der Waals surface area contributed by atoms with E-state index in [1.54, 1.807) is 26.0 Å². The van der Waals surface area contributed by atoms with E-state index in [9.17, 15) is 14.9 Å². The van der Waals surface area contributed by atoms with Crippen LogP contribution in [0.2, 0.25) is 0 Å².